The van der Waals surface area contributed by atoms with Gasteiger partial charge in [-0.15, -0.1) is 0 Å². The number of ether oxygens (including phenoxy) is 1. The van der Waals surface area contributed by atoms with Crippen molar-refractivity contribution in [1.29, 1.82) is 0 Å². The summed E-state index contributed by atoms with van der Waals surface area (Å²) in [6, 6.07) is 0.645. The molecule has 0 amide bonds. The molecule has 3 rings (SSSR count). The third-order valence-corrected chi connectivity index (χ3v) is 5.48. The number of nitrogens with one attached hydrogen (secondary N) is 1. The van der Waals surface area contributed by atoms with Gasteiger partial charge < -0.3 is 10.1 Å². The van der Waals surface area contributed by atoms with Gasteiger partial charge in [-0.05, 0) is 26.3 Å². The van der Waals surface area contributed by atoms with Crippen molar-refractivity contribution in [3.8, 4) is 5.75 Å². The van der Waals surface area contributed by atoms with Gasteiger partial charge in [-0.2, -0.15) is 5.10 Å². The van der Waals surface area contributed by atoms with E-state index in [1.165, 1.54) is 38.5 Å². The lowest BCUT2D eigenvalue weighted by Crippen LogP contribution is -2.64. The Labute approximate surface area is 128 Å². The normalized spacial score (nSPS) is 28.1. The Hall–Kier alpha value is -1.03. The van der Waals surface area contributed by atoms with Gasteiger partial charge in [-0.1, -0.05) is 32.6 Å². The van der Waals surface area contributed by atoms with Crippen molar-refractivity contribution >= 4 is 0 Å². The highest BCUT2D eigenvalue weighted by Gasteiger charge is 2.55. The molecule has 1 spiro atoms. The lowest BCUT2D eigenvalue weighted by atomic mass is 9.57. The molecule has 1 aromatic rings. The Morgan fingerprint density at radius 1 is 1.29 bits per heavy atom. The summed E-state index contributed by atoms with van der Waals surface area (Å²) in [5, 5.41) is 8.03. The molecule has 2 atom stereocenters. The van der Waals surface area contributed by atoms with Gasteiger partial charge in [0.2, 0.25) is 0 Å². The van der Waals surface area contributed by atoms with Gasteiger partial charge in [0, 0.05) is 24.4 Å². The average Bonchev–Trinajstić information content (AvgIpc) is 2.79. The fraction of sp³-hybridized carbons (Fsp3) is 0.824. The summed E-state index contributed by atoms with van der Waals surface area (Å²) in [4.78, 5) is 0. The minimum absolute atomic E-state index is 0.362. The minimum Gasteiger partial charge on any atom is -0.486 e. The van der Waals surface area contributed by atoms with Crippen molar-refractivity contribution in [3.05, 3.63) is 12.4 Å². The molecule has 2 fully saturated rings. The van der Waals surface area contributed by atoms with Crippen LogP contribution in [0.15, 0.2) is 12.4 Å². The molecule has 2 aliphatic carbocycles. The van der Waals surface area contributed by atoms with Crippen LogP contribution in [0.1, 0.15) is 58.8 Å². The fourth-order valence-electron chi connectivity index (χ4n) is 4.25. The van der Waals surface area contributed by atoms with Crippen molar-refractivity contribution in [2.45, 2.75) is 77.5 Å². The van der Waals surface area contributed by atoms with Crippen molar-refractivity contribution in [2.24, 2.45) is 5.41 Å². The molecule has 4 nitrogen and oxygen atoms in total. The SMILES string of the molecule is CCNC1CC(Oc2cnn(CC)c2)C12CCCCCC2. The van der Waals surface area contributed by atoms with Crippen molar-refractivity contribution in [3.63, 3.8) is 0 Å². The Kier molecular flexibility index (Phi) is 4.53. The van der Waals surface area contributed by atoms with E-state index in [4.69, 9.17) is 4.74 Å². The third kappa shape index (κ3) is 2.83. The highest BCUT2D eigenvalue weighted by molar-refractivity contribution is 5.17. The van der Waals surface area contributed by atoms with Gasteiger partial charge >= 0.3 is 0 Å². The minimum atomic E-state index is 0.362. The molecule has 2 unspecified atom stereocenters. The summed E-state index contributed by atoms with van der Waals surface area (Å²) >= 11 is 0. The van der Waals surface area contributed by atoms with Gasteiger partial charge in [-0.3, -0.25) is 4.68 Å². The molecule has 1 aromatic heterocycles. The van der Waals surface area contributed by atoms with E-state index in [1.807, 2.05) is 17.1 Å². The zero-order chi connectivity index (χ0) is 14.7. The molecule has 1 N–H and O–H groups in total. The summed E-state index contributed by atoms with van der Waals surface area (Å²) in [6.45, 7) is 6.28. The molecule has 21 heavy (non-hydrogen) atoms. The van der Waals surface area contributed by atoms with Crippen LogP contribution in [0.5, 0.6) is 5.75 Å². The first kappa shape index (κ1) is 14.9. The first-order chi connectivity index (χ1) is 10.3. The summed E-state index contributed by atoms with van der Waals surface area (Å²) in [6.07, 6.45) is 13.5. The molecule has 0 aliphatic heterocycles. The van der Waals surface area contributed by atoms with E-state index in [1.54, 1.807) is 0 Å². The van der Waals surface area contributed by atoms with Crippen LogP contribution >= 0.6 is 0 Å². The average molecular weight is 291 g/mol. The zero-order valence-corrected chi connectivity index (χ0v) is 13.5. The van der Waals surface area contributed by atoms with Crippen LogP contribution < -0.4 is 10.1 Å². The lowest BCUT2D eigenvalue weighted by Gasteiger charge is -2.55. The smallest absolute Gasteiger partial charge is 0.157 e. The van der Waals surface area contributed by atoms with E-state index < -0.39 is 0 Å². The van der Waals surface area contributed by atoms with Crippen LogP contribution in [-0.4, -0.2) is 28.5 Å². The highest BCUT2D eigenvalue weighted by atomic mass is 16.5. The molecular formula is C17H29N3O. The topological polar surface area (TPSA) is 39.1 Å². The predicted octanol–water partition coefficient (Wildman–Crippen LogP) is 3.37. The summed E-state index contributed by atoms with van der Waals surface area (Å²) in [7, 11) is 0. The lowest BCUT2D eigenvalue weighted by molar-refractivity contribution is -0.0900. The molecule has 1 heterocycles. The van der Waals surface area contributed by atoms with Crippen LogP contribution in [-0.2, 0) is 6.54 Å². The van der Waals surface area contributed by atoms with Crippen molar-refractivity contribution in [1.82, 2.24) is 15.1 Å². The van der Waals surface area contributed by atoms with Crippen molar-refractivity contribution in [2.75, 3.05) is 6.54 Å². The van der Waals surface area contributed by atoms with E-state index in [9.17, 15) is 0 Å². The second kappa shape index (κ2) is 6.39. The molecule has 0 radical (unpaired) electrons. The summed E-state index contributed by atoms with van der Waals surface area (Å²) < 4.78 is 8.27. The maximum absolute atomic E-state index is 6.33. The Balaban J connectivity index is 1.71. The maximum atomic E-state index is 6.33. The van der Waals surface area contributed by atoms with Gasteiger partial charge in [-0.25, -0.2) is 0 Å². The van der Waals surface area contributed by atoms with Gasteiger partial charge in [0.25, 0.3) is 0 Å². The van der Waals surface area contributed by atoms with E-state index >= 15 is 0 Å². The second-order valence-corrected chi connectivity index (χ2v) is 6.63. The maximum Gasteiger partial charge on any atom is 0.157 e. The summed E-state index contributed by atoms with van der Waals surface area (Å²) in [5.74, 6) is 0.945. The molecule has 0 saturated heterocycles. The number of aryl methyl sites for hydroxylation is 1. The van der Waals surface area contributed by atoms with Crippen molar-refractivity contribution < 1.29 is 4.74 Å². The molecule has 0 bridgehead atoms. The highest BCUT2D eigenvalue weighted by Crippen LogP contribution is 2.52. The van der Waals surface area contributed by atoms with Crippen LogP contribution in [0.4, 0.5) is 0 Å². The molecule has 2 saturated carbocycles. The molecule has 0 aromatic carbocycles. The Morgan fingerprint density at radius 2 is 2.05 bits per heavy atom. The zero-order valence-electron chi connectivity index (χ0n) is 13.5. The van der Waals surface area contributed by atoms with Gasteiger partial charge in [0.05, 0.1) is 12.4 Å². The van der Waals surface area contributed by atoms with E-state index in [2.05, 4.69) is 24.3 Å². The van der Waals surface area contributed by atoms with Gasteiger partial charge in [0.15, 0.2) is 5.75 Å². The molecule has 4 heteroatoms. The van der Waals surface area contributed by atoms with Crippen LogP contribution in [0.2, 0.25) is 0 Å². The van der Waals surface area contributed by atoms with Gasteiger partial charge in [0.1, 0.15) is 6.10 Å². The van der Waals surface area contributed by atoms with Crippen LogP contribution in [0.25, 0.3) is 0 Å². The first-order valence-electron chi connectivity index (χ1n) is 8.71. The number of rotatable bonds is 5. The third-order valence-electron chi connectivity index (χ3n) is 5.48. The van der Waals surface area contributed by atoms with Crippen LogP contribution in [0, 0.1) is 5.41 Å². The van der Waals surface area contributed by atoms with E-state index in [0.29, 0.717) is 17.6 Å². The number of hydrogen-bond donors (Lipinski definition) is 1. The first-order valence-corrected chi connectivity index (χ1v) is 8.71. The number of aromatic nitrogens is 2. The monoisotopic (exact) mass is 291 g/mol. The predicted molar refractivity (Wildman–Crippen MR) is 84.5 cm³/mol. The molecule has 118 valence electrons. The molecular weight excluding hydrogens is 262 g/mol. The van der Waals surface area contributed by atoms with Crippen LogP contribution in [0.3, 0.4) is 0 Å². The quantitative estimate of drug-likeness (QED) is 0.904. The van der Waals surface area contributed by atoms with E-state index in [0.717, 1.165) is 25.3 Å². The second-order valence-electron chi connectivity index (χ2n) is 6.63. The summed E-state index contributed by atoms with van der Waals surface area (Å²) in [5.41, 5.74) is 0.362. The Morgan fingerprint density at radius 3 is 2.67 bits per heavy atom. The van der Waals surface area contributed by atoms with E-state index in [-0.39, 0.29) is 0 Å². The Bertz CT molecular complexity index is 449. The number of hydrogen-bond acceptors (Lipinski definition) is 3. The number of nitrogens with zero attached hydrogens (tertiary/aromatic N) is 2. The fourth-order valence-corrected chi connectivity index (χ4v) is 4.25. The molecule has 2 aliphatic rings. The standard InChI is InChI=1S/C17H29N3O/c1-3-18-15-11-16(17(15)9-7-5-6-8-10-17)21-14-12-19-20(4-2)13-14/h12-13,15-16,18H,3-11H2,1-2H3. The largest absolute Gasteiger partial charge is 0.486 e.